The zero-order valence-corrected chi connectivity index (χ0v) is 18.2. The van der Waals surface area contributed by atoms with Gasteiger partial charge in [-0.3, -0.25) is 4.79 Å². The summed E-state index contributed by atoms with van der Waals surface area (Å²) in [4.78, 5) is 12.1. The average Bonchev–Trinajstić information content (AvgIpc) is 3.07. The molecule has 7 heteroatoms. The molecular weight excluding hydrogens is 429 g/mol. The molecule has 0 saturated carbocycles. The standard InChI is InChI=1S/C26H24F3N2O2/c1-2-3-4-8-17-13-14-19-22(15-17)31(21-11-7-10-20(24(19)21)25(30)32)16-18-9-5-6-12-23(18)33-26(27,28)29/h5-7,9-13,15H,2-4,8,16H2,1H3,(H2,30,32). The van der Waals surface area contributed by atoms with E-state index in [-0.39, 0.29) is 12.3 Å². The fraction of sp³-hybridized carbons (Fsp3) is 0.269. The summed E-state index contributed by atoms with van der Waals surface area (Å²) in [5.74, 6) is -0.824. The molecule has 0 spiro atoms. The number of aryl methyl sites for hydroxylation is 1. The Morgan fingerprint density at radius 3 is 2.61 bits per heavy atom. The maximum atomic E-state index is 13.0. The number of nitrogens with two attached hydrogens (primary N) is 1. The van der Waals surface area contributed by atoms with Crippen LogP contribution in [0.1, 0.15) is 47.7 Å². The van der Waals surface area contributed by atoms with Gasteiger partial charge in [0.15, 0.2) is 0 Å². The topological polar surface area (TPSA) is 57.2 Å². The molecule has 0 bridgehead atoms. The van der Waals surface area contributed by atoms with Gasteiger partial charge in [-0.1, -0.05) is 50.1 Å². The fourth-order valence-electron chi connectivity index (χ4n) is 4.23. The summed E-state index contributed by atoms with van der Waals surface area (Å²) in [6, 6.07) is 18.5. The molecule has 0 aliphatic heterocycles. The molecule has 0 atom stereocenters. The minimum absolute atomic E-state index is 0.126. The van der Waals surface area contributed by atoms with E-state index < -0.39 is 12.3 Å². The molecule has 4 aromatic rings. The molecule has 1 aromatic heterocycles. The van der Waals surface area contributed by atoms with Crippen molar-refractivity contribution in [2.24, 2.45) is 5.73 Å². The number of para-hydroxylation sites is 1. The molecule has 0 unspecified atom stereocenters. The molecular formula is C26H24F3N2O2. The summed E-state index contributed by atoms with van der Waals surface area (Å²) >= 11 is 0. The van der Waals surface area contributed by atoms with Crippen molar-refractivity contribution in [2.45, 2.75) is 45.5 Å². The fourth-order valence-corrected chi connectivity index (χ4v) is 4.23. The summed E-state index contributed by atoms with van der Waals surface area (Å²) in [5, 5.41) is 1.36. The van der Waals surface area contributed by atoms with Crippen LogP contribution in [0.25, 0.3) is 21.8 Å². The Balaban J connectivity index is 1.90. The number of hydrogen-bond donors (Lipinski definition) is 1. The van der Waals surface area contributed by atoms with Crippen LogP contribution in [-0.4, -0.2) is 16.8 Å². The zero-order valence-electron chi connectivity index (χ0n) is 18.2. The second-order valence-corrected chi connectivity index (χ2v) is 8.03. The highest BCUT2D eigenvalue weighted by atomic mass is 19.4. The number of benzene rings is 3. The second-order valence-electron chi connectivity index (χ2n) is 8.03. The van der Waals surface area contributed by atoms with E-state index >= 15 is 0 Å². The monoisotopic (exact) mass is 453 g/mol. The Morgan fingerprint density at radius 2 is 1.88 bits per heavy atom. The minimum atomic E-state index is -4.80. The van der Waals surface area contributed by atoms with E-state index in [0.717, 1.165) is 36.8 Å². The van der Waals surface area contributed by atoms with Crippen LogP contribution >= 0.6 is 0 Å². The molecule has 4 rings (SSSR count). The minimum Gasteiger partial charge on any atom is -0.405 e. The molecule has 4 nitrogen and oxygen atoms in total. The number of fused-ring (bicyclic) bond motifs is 3. The Labute approximate surface area is 189 Å². The lowest BCUT2D eigenvalue weighted by Crippen LogP contribution is -2.18. The summed E-state index contributed by atoms with van der Waals surface area (Å²) < 4.78 is 45.0. The maximum Gasteiger partial charge on any atom is 0.573 e. The van der Waals surface area contributed by atoms with E-state index in [2.05, 4.69) is 17.7 Å². The van der Waals surface area contributed by atoms with E-state index in [1.54, 1.807) is 24.3 Å². The third kappa shape index (κ3) is 4.82. The van der Waals surface area contributed by atoms with Crippen molar-refractivity contribution in [1.82, 2.24) is 4.57 Å². The molecule has 0 aliphatic carbocycles. The van der Waals surface area contributed by atoms with Crippen molar-refractivity contribution in [3.05, 3.63) is 77.4 Å². The second kappa shape index (κ2) is 9.17. The van der Waals surface area contributed by atoms with Gasteiger partial charge < -0.3 is 15.0 Å². The summed E-state index contributed by atoms with van der Waals surface area (Å²) in [5.41, 5.74) is 8.92. The van der Waals surface area contributed by atoms with E-state index in [4.69, 9.17) is 5.73 Å². The third-order valence-electron chi connectivity index (χ3n) is 5.72. The highest BCUT2D eigenvalue weighted by molar-refractivity contribution is 6.17. The molecule has 0 fully saturated rings. The van der Waals surface area contributed by atoms with Crippen LogP contribution in [0.15, 0.2) is 54.6 Å². The van der Waals surface area contributed by atoms with Crippen molar-refractivity contribution >= 4 is 27.7 Å². The molecule has 1 amide bonds. The van der Waals surface area contributed by atoms with Crippen LogP contribution in [0, 0.1) is 6.07 Å². The number of hydrogen-bond acceptors (Lipinski definition) is 2. The van der Waals surface area contributed by atoms with E-state index in [1.165, 1.54) is 12.1 Å². The SMILES string of the molecule is CCCCCc1c[c]c2c3c(C(N)=O)cccc3n(Cc3ccccc3OC(F)(F)F)c2c1. The van der Waals surface area contributed by atoms with Crippen LogP contribution in [0.2, 0.25) is 0 Å². The van der Waals surface area contributed by atoms with Crippen molar-refractivity contribution in [3.63, 3.8) is 0 Å². The lowest BCUT2D eigenvalue weighted by Gasteiger charge is -2.15. The number of rotatable bonds is 8. The molecule has 171 valence electrons. The first kappa shape index (κ1) is 22.7. The molecule has 1 heterocycles. The molecule has 0 saturated heterocycles. The van der Waals surface area contributed by atoms with Crippen molar-refractivity contribution in [3.8, 4) is 5.75 Å². The number of primary amides is 1. The van der Waals surface area contributed by atoms with E-state index in [1.807, 2.05) is 22.8 Å². The number of nitrogens with zero attached hydrogens (tertiary/aromatic N) is 1. The van der Waals surface area contributed by atoms with Crippen LogP contribution in [0.4, 0.5) is 13.2 Å². The van der Waals surface area contributed by atoms with E-state index in [0.29, 0.717) is 27.4 Å². The summed E-state index contributed by atoms with van der Waals surface area (Å²) in [6.45, 7) is 2.26. The smallest absolute Gasteiger partial charge is 0.405 e. The van der Waals surface area contributed by atoms with Gasteiger partial charge in [0.1, 0.15) is 5.75 Å². The highest BCUT2D eigenvalue weighted by Crippen LogP contribution is 2.35. The predicted molar refractivity (Wildman–Crippen MR) is 122 cm³/mol. The van der Waals surface area contributed by atoms with Gasteiger partial charge in [-0.25, -0.2) is 0 Å². The van der Waals surface area contributed by atoms with Crippen LogP contribution in [0.5, 0.6) is 5.75 Å². The number of carbonyl (C=O) groups excluding carboxylic acids is 1. The first-order chi connectivity index (χ1) is 15.8. The average molecular weight is 453 g/mol. The number of alkyl halides is 3. The van der Waals surface area contributed by atoms with Crippen molar-refractivity contribution < 1.29 is 22.7 Å². The number of ether oxygens (including phenoxy) is 1. The highest BCUT2D eigenvalue weighted by Gasteiger charge is 2.32. The van der Waals surface area contributed by atoms with Gasteiger partial charge in [0, 0.05) is 21.9 Å². The van der Waals surface area contributed by atoms with Crippen LogP contribution in [-0.2, 0) is 13.0 Å². The third-order valence-corrected chi connectivity index (χ3v) is 5.72. The summed E-state index contributed by atoms with van der Waals surface area (Å²) in [7, 11) is 0. The van der Waals surface area contributed by atoms with Gasteiger partial charge in [0.05, 0.1) is 17.6 Å². The molecule has 0 aliphatic rings. The van der Waals surface area contributed by atoms with Gasteiger partial charge in [-0.15, -0.1) is 13.2 Å². The van der Waals surface area contributed by atoms with Crippen LogP contribution < -0.4 is 10.5 Å². The molecule has 3 aromatic carbocycles. The van der Waals surface area contributed by atoms with Gasteiger partial charge >= 0.3 is 6.36 Å². The molecule has 33 heavy (non-hydrogen) atoms. The van der Waals surface area contributed by atoms with Crippen molar-refractivity contribution in [1.29, 1.82) is 0 Å². The Hall–Kier alpha value is -3.48. The number of unbranched alkanes of at least 4 members (excludes halogenated alkanes) is 2. The Morgan fingerprint density at radius 1 is 1.09 bits per heavy atom. The summed E-state index contributed by atoms with van der Waals surface area (Å²) in [6.07, 6.45) is -0.682. The van der Waals surface area contributed by atoms with Gasteiger partial charge in [0.25, 0.3) is 0 Å². The van der Waals surface area contributed by atoms with Crippen molar-refractivity contribution in [2.75, 3.05) is 0 Å². The number of aromatic nitrogens is 1. The largest absolute Gasteiger partial charge is 0.573 e. The maximum absolute atomic E-state index is 13.0. The van der Waals surface area contributed by atoms with Gasteiger partial charge in [-0.05, 0) is 48.7 Å². The van der Waals surface area contributed by atoms with Gasteiger partial charge in [0.2, 0.25) is 5.91 Å². The Bertz CT molecular complexity index is 1310. The lowest BCUT2D eigenvalue weighted by atomic mass is 10.0. The molecule has 1 radical (unpaired) electrons. The predicted octanol–water partition coefficient (Wildman–Crippen LogP) is 6.37. The van der Waals surface area contributed by atoms with Gasteiger partial charge in [-0.2, -0.15) is 0 Å². The molecule has 2 N–H and O–H groups in total. The van der Waals surface area contributed by atoms with E-state index in [9.17, 15) is 18.0 Å². The quantitative estimate of drug-likeness (QED) is 0.315. The number of amides is 1. The van der Waals surface area contributed by atoms with Crippen LogP contribution in [0.3, 0.4) is 0 Å². The first-order valence-electron chi connectivity index (χ1n) is 10.9. The first-order valence-corrected chi connectivity index (χ1v) is 10.9. The normalized spacial score (nSPS) is 11.9. The zero-order chi connectivity index (χ0) is 23.6. The lowest BCUT2D eigenvalue weighted by molar-refractivity contribution is -0.274. The Kier molecular flexibility index (Phi) is 6.31. The number of halogens is 3. The number of carbonyl (C=O) groups is 1.